The summed E-state index contributed by atoms with van der Waals surface area (Å²) in [6.07, 6.45) is 2.02. The van der Waals surface area contributed by atoms with Gasteiger partial charge < -0.3 is 19.2 Å². The Morgan fingerprint density at radius 3 is 2.78 bits per heavy atom. The summed E-state index contributed by atoms with van der Waals surface area (Å²) < 4.78 is 17.8. The Balaban J connectivity index is 1.35. The molecule has 7 nitrogen and oxygen atoms in total. The van der Waals surface area contributed by atoms with Crippen LogP contribution in [0, 0.1) is 0 Å². The number of H-pyrrole nitrogens is 1. The normalized spacial score (nSPS) is 20.0. The Bertz CT molecular complexity index is 1380. The first-order valence-electron chi connectivity index (χ1n) is 13.0. The van der Waals surface area contributed by atoms with Crippen LogP contribution in [0.4, 0.5) is 4.79 Å². The van der Waals surface area contributed by atoms with E-state index < -0.39 is 5.60 Å². The smallest absolute Gasteiger partial charge is 0.411 e. The van der Waals surface area contributed by atoms with Gasteiger partial charge in [0, 0.05) is 29.2 Å². The summed E-state index contributed by atoms with van der Waals surface area (Å²) in [5, 5.41) is 0.720. The lowest BCUT2D eigenvalue weighted by Gasteiger charge is -2.27. The van der Waals surface area contributed by atoms with E-state index in [1.165, 1.54) is 11.1 Å². The summed E-state index contributed by atoms with van der Waals surface area (Å²) in [6.45, 7) is 9.21. The standard InChI is InChI=1S/C29H32ClN3O4/c1-5-35-19-12-24(33(14-19)28(34)37-29(2,3)4)27-31-23-9-6-16-11-22-20-8-7-18(30)10-17(20)15-36-25(22)13-21(16)26(23)32-27/h7-8,10-11,13,19,24H,5-6,9,12,14-15H2,1-4H3,(H,31,32)/t19-,24-/m0/s1. The zero-order valence-electron chi connectivity index (χ0n) is 21.7. The van der Waals surface area contributed by atoms with Gasteiger partial charge in [0.2, 0.25) is 0 Å². The molecule has 37 heavy (non-hydrogen) atoms. The van der Waals surface area contributed by atoms with E-state index in [0.717, 1.165) is 57.5 Å². The number of imidazole rings is 1. The zero-order valence-corrected chi connectivity index (χ0v) is 22.4. The molecule has 0 bridgehead atoms. The van der Waals surface area contributed by atoms with Crippen LogP contribution in [-0.2, 0) is 28.9 Å². The Labute approximate surface area is 222 Å². The van der Waals surface area contributed by atoms with Crippen molar-refractivity contribution >= 4 is 17.7 Å². The van der Waals surface area contributed by atoms with E-state index in [-0.39, 0.29) is 18.2 Å². The molecular formula is C29H32ClN3O4. The number of carbonyl (C=O) groups excluding carboxylic acids is 1. The number of amides is 1. The Hall–Kier alpha value is -3.03. The van der Waals surface area contributed by atoms with Gasteiger partial charge in [0.1, 0.15) is 23.8 Å². The van der Waals surface area contributed by atoms with Crippen molar-refractivity contribution in [2.24, 2.45) is 0 Å². The molecule has 194 valence electrons. The van der Waals surface area contributed by atoms with Crippen LogP contribution >= 0.6 is 11.6 Å². The van der Waals surface area contributed by atoms with Crippen LogP contribution < -0.4 is 4.74 Å². The van der Waals surface area contributed by atoms with Crippen LogP contribution in [0.2, 0.25) is 5.02 Å². The lowest BCUT2D eigenvalue weighted by atomic mass is 9.87. The minimum atomic E-state index is -0.574. The predicted octanol–water partition coefficient (Wildman–Crippen LogP) is 6.48. The van der Waals surface area contributed by atoms with Crippen LogP contribution in [0.25, 0.3) is 22.4 Å². The quantitative estimate of drug-likeness (QED) is 0.427. The van der Waals surface area contributed by atoms with E-state index in [9.17, 15) is 4.79 Å². The highest BCUT2D eigenvalue weighted by Gasteiger charge is 2.41. The fourth-order valence-corrected chi connectivity index (χ4v) is 5.87. The van der Waals surface area contributed by atoms with Crippen molar-refractivity contribution in [2.45, 2.75) is 71.3 Å². The number of benzene rings is 2. The molecule has 1 aromatic heterocycles. The molecule has 0 spiro atoms. The molecule has 2 atom stereocenters. The number of aromatic amines is 1. The highest BCUT2D eigenvalue weighted by molar-refractivity contribution is 6.30. The fraction of sp³-hybridized carbons (Fsp3) is 0.448. The third-order valence-electron chi connectivity index (χ3n) is 7.25. The number of rotatable bonds is 3. The van der Waals surface area contributed by atoms with Gasteiger partial charge in [0.05, 0.1) is 30.1 Å². The molecule has 2 aromatic carbocycles. The Morgan fingerprint density at radius 1 is 1.16 bits per heavy atom. The van der Waals surface area contributed by atoms with Crippen molar-refractivity contribution < 1.29 is 19.0 Å². The third kappa shape index (κ3) is 4.48. The van der Waals surface area contributed by atoms with E-state index in [1.807, 2.05) is 39.8 Å². The molecule has 1 amide bonds. The molecule has 1 fully saturated rings. The fourth-order valence-electron chi connectivity index (χ4n) is 5.67. The van der Waals surface area contributed by atoms with Crippen LogP contribution in [-0.4, -0.2) is 45.8 Å². The van der Waals surface area contributed by atoms with E-state index in [1.54, 1.807) is 4.90 Å². The third-order valence-corrected chi connectivity index (χ3v) is 7.49. The number of ether oxygens (including phenoxy) is 3. The van der Waals surface area contributed by atoms with Gasteiger partial charge in [-0.3, -0.25) is 4.90 Å². The molecule has 0 unspecified atom stereocenters. The molecule has 1 N–H and O–H groups in total. The Morgan fingerprint density at radius 2 is 2.00 bits per heavy atom. The maximum absolute atomic E-state index is 13.1. The summed E-state index contributed by atoms with van der Waals surface area (Å²) >= 11 is 6.21. The molecule has 6 rings (SSSR count). The number of nitrogens with zero attached hydrogens (tertiary/aromatic N) is 2. The summed E-state index contributed by atoms with van der Waals surface area (Å²) in [7, 11) is 0. The van der Waals surface area contributed by atoms with Crippen LogP contribution in [0.15, 0.2) is 30.3 Å². The molecule has 0 saturated carbocycles. The van der Waals surface area contributed by atoms with Crippen molar-refractivity contribution in [1.29, 1.82) is 0 Å². The number of halogens is 1. The first-order valence-corrected chi connectivity index (χ1v) is 13.4. The molecule has 3 aliphatic rings. The first-order chi connectivity index (χ1) is 17.7. The molecule has 8 heteroatoms. The number of hydrogen-bond acceptors (Lipinski definition) is 5. The van der Waals surface area contributed by atoms with Crippen LogP contribution in [0.3, 0.4) is 0 Å². The molecule has 1 saturated heterocycles. The number of carbonyl (C=O) groups is 1. The molecule has 3 heterocycles. The molecule has 3 aromatic rings. The van der Waals surface area contributed by atoms with Crippen LogP contribution in [0.5, 0.6) is 5.75 Å². The SMILES string of the molecule is CCO[C@H]1C[C@@H](c2nc3c([nH]2)-c2cc4c(cc2CC3)-c2ccc(Cl)cc2CO4)N(C(=O)OC(C)(C)C)C1. The van der Waals surface area contributed by atoms with Crippen molar-refractivity contribution in [2.75, 3.05) is 13.2 Å². The largest absolute Gasteiger partial charge is 0.488 e. The van der Waals surface area contributed by atoms with Gasteiger partial charge in [0.15, 0.2) is 0 Å². The second kappa shape index (κ2) is 9.07. The average molecular weight is 522 g/mol. The van der Waals surface area contributed by atoms with Crippen LogP contribution in [0.1, 0.15) is 62.8 Å². The topological polar surface area (TPSA) is 76.7 Å². The van der Waals surface area contributed by atoms with E-state index in [0.29, 0.717) is 26.2 Å². The monoisotopic (exact) mass is 521 g/mol. The summed E-state index contributed by atoms with van der Waals surface area (Å²) in [6, 6.07) is 10.1. The lowest BCUT2D eigenvalue weighted by molar-refractivity contribution is 0.0171. The van der Waals surface area contributed by atoms with E-state index in [2.05, 4.69) is 23.2 Å². The van der Waals surface area contributed by atoms with Gasteiger partial charge in [-0.1, -0.05) is 17.7 Å². The van der Waals surface area contributed by atoms with Gasteiger partial charge >= 0.3 is 6.09 Å². The highest BCUT2D eigenvalue weighted by atomic mass is 35.5. The average Bonchev–Trinajstić information content (AvgIpc) is 3.46. The number of aryl methyl sites for hydroxylation is 2. The molecule has 1 aliphatic carbocycles. The van der Waals surface area contributed by atoms with Crippen molar-refractivity contribution in [3.05, 3.63) is 58.0 Å². The maximum Gasteiger partial charge on any atom is 0.411 e. The molecule has 0 radical (unpaired) electrons. The van der Waals surface area contributed by atoms with Gasteiger partial charge in [-0.15, -0.1) is 0 Å². The van der Waals surface area contributed by atoms with Crippen molar-refractivity contribution in [3.8, 4) is 28.1 Å². The van der Waals surface area contributed by atoms with Crippen molar-refractivity contribution in [3.63, 3.8) is 0 Å². The zero-order chi connectivity index (χ0) is 25.9. The second-order valence-electron chi connectivity index (χ2n) is 11.0. The summed E-state index contributed by atoms with van der Waals surface area (Å²) in [5.74, 6) is 1.65. The van der Waals surface area contributed by atoms with E-state index >= 15 is 0 Å². The number of aromatic nitrogens is 2. The summed E-state index contributed by atoms with van der Waals surface area (Å²) in [5.41, 5.74) is 7.21. The highest BCUT2D eigenvalue weighted by Crippen LogP contribution is 2.45. The molecular weight excluding hydrogens is 490 g/mol. The first kappa shape index (κ1) is 24.3. The van der Waals surface area contributed by atoms with Crippen molar-refractivity contribution in [1.82, 2.24) is 14.9 Å². The number of nitrogens with one attached hydrogen (secondary N) is 1. The number of hydrogen-bond donors (Lipinski definition) is 1. The predicted molar refractivity (Wildman–Crippen MR) is 142 cm³/mol. The van der Waals surface area contributed by atoms with Gasteiger partial charge in [0.25, 0.3) is 0 Å². The second-order valence-corrected chi connectivity index (χ2v) is 11.4. The minimum absolute atomic E-state index is 0.0501. The van der Waals surface area contributed by atoms with Gasteiger partial charge in [-0.05, 0) is 81.5 Å². The van der Waals surface area contributed by atoms with Gasteiger partial charge in [-0.2, -0.15) is 0 Å². The molecule has 2 aliphatic heterocycles. The van der Waals surface area contributed by atoms with Gasteiger partial charge in [-0.25, -0.2) is 9.78 Å². The Kier molecular flexibility index (Phi) is 5.96. The van der Waals surface area contributed by atoms with E-state index in [4.69, 9.17) is 30.8 Å². The maximum atomic E-state index is 13.1. The number of fused-ring (bicyclic) bond motifs is 6. The minimum Gasteiger partial charge on any atom is -0.488 e. The summed E-state index contributed by atoms with van der Waals surface area (Å²) in [4.78, 5) is 23.4. The lowest BCUT2D eigenvalue weighted by Crippen LogP contribution is -2.37. The number of likely N-dealkylation sites (tertiary alicyclic amines) is 1.